The number of nitrogens with two attached hydrogens (primary N) is 1. The zero-order valence-corrected chi connectivity index (χ0v) is 20.3. The molecule has 0 bridgehead atoms. The number of nitrogens with one attached hydrogen (secondary N) is 1. The first-order chi connectivity index (χ1) is 17.7. The van der Waals surface area contributed by atoms with E-state index in [1.165, 1.54) is 0 Å². The van der Waals surface area contributed by atoms with E-state index in [1.807, 2.05) is 23.7 Å². The van der Waals surface area contributed by atoms with Gasteiger partial charge in [-0.05, 0) is 48.6 Å². The number of nitrogens with zero attached hydrogens (tertiary/aromatic N) is 6. The highest BCUT2D eigenvalue weighted by Gasteiger charge is 2.24. The fraction of sp³-hybridized carbons (Fsp3) is 0.269. The molecular formula is C26H24N8OS. The van der Waals surface area contributed by atoms with Gasteiger partial charge in [-0.1, -0.05) is 12.0 Å². The van der Waals surface area contributed by atoms with E-state index >= 15 is 0 Å². The van der Waals surface area contributed by atoms with Crippen molar-refractivity contribution in [3.63, 3.8) is 0 Å². The summed E-state index contributed by atoms with van der Waals surface area (Å²) in [6.45, 7) is 2.75. The standard InChI is InChI=1S/C26H24N8OS/c27-9-3-1-2-6-19-13-28-26(29-14-19)34-17-21(30-18-34)16-33-10-4-7-20(15-33)25-31-22(12-24(35)32-25)23-8-5-11-36-23/h5,8,11-14,17-18,20H,4,7,9-10,15-16,27H2,(H,31,32,35). The lowest BCUT2D eigenvalue weighted by atomic mass is 9.97. The first kappa shape index (κ1) is 23.6. The molecule has 0 radical (unpaired) electrons. The van der Waals surface area contributed by atoms with Crippen molar-refractivity contribution in [1.82, 2.24) is 34.4 Å². The molecule has 10 heteroatoms. The molecule has 1 unspecified atom stereocenters. The molecule has 0 spiro atoms. The molecule has 0 amide bonds. The number of thiophene rings is 1. The number of piperidine rings is 1. The average Bonchev–Trinajstić information content (AvgIpc) is 3.60. The van der Waals surface area contributed by atoms with E-state index in [4.69, 9.17) is 10.7 Å². The van der Waals surface area contributed by atoms with Gasteiger partial charge in [-0.2, -0.15) is 0 Å². The van der Waals surface area contributed by atoms with Gasteiger partial charge in [-0.3, -0.25) is 14.3 Å². The highest BCUT2D eigenvalue weighted by Crippen LogP contribution is 2.27. The summed E-state index contributed by atoms with van der Waals surface area (Å²) in [6, 6.07) is 5.53. The Morgan fingerprint density at radius 2 is 2.11 bits per heavy atom. The Labute approximate surface area is 212 Å². The third-order valence-electron chi connectivity index (χ3n) is 5.78. The molecule has 0 aliphatic carbocycles. The van der Waals surface area contributed by atoms with Gasteiger partial charge in [0.2, 0.25) is 5.95 Å². The zero-order valence-electron chi connectivity index (χ0n) is 19.5. The lowest BCUT2D eigenvalue weighted by Gasteiger charge is -2.31. The molecule has 4 aromatic heterocycles. The summed E-state index contributed by atoms with van der Waals surface area (Å²) in [7, 11) is 0. The lowest BCUT2D eigenvalue weighted by Crippen LogP contribution is -2.35. The van der Waals surface area contributed by atoms with Crippen LogP contribution in [-0.4, -0.2) is 54.0 Å². The van der Waals surface area contributed by atoms with Crippen LogP contribution < -0.4 is 11.3 Å². The van der Waals surface area contributed by atoms with Gasteiger partial charge in [-0.25, -0.2) is 19.9 Å². The molecular weight excluding hydrogens is 472 g/mol. The van der Waals surface area contributed by atoms with Crippen LogP contribution in [0.2, 0.25) is 0 Å². The van der Waals surface area contributed by atoms with Crippen LogP contribution in [0.15, 0.2) is 53.3 Å². The van der Waals surface area contributed by atoms with Crippen molar-refractivity contribution in [2.75, 3.05) is 19.6 Å². The van der Waals surface area contributed by atoms with Crippen LogP contribution in [0.3, 0.4) is 0 Å². The highest BCUT2D eigenvalue weighted by atomic mass is 32.1. The topological polar surface area (TPSA) is 119 Å². The molecule has 5 rings (SSSR count). The van der Waals surface area contributed by atoms with E-state index in [-0.39, 0.29) is 18.0 Å². The molecule has 180 valence electrons. The second-order valence-electron chi connectivity index (χ2n) is 8.37. The maximum Gasteiger partial charge on any atom is 0.251 e. The first-order valence-corrected chi connectivity index (χ1v) is 12.5. The Hall–Kier alpha value is -4.09. The van der Waals surface area contributed by atoms with Crippen LogP contribution in [0, 0.1) is 23.7 Å². The summed E-state index contributed by atoms with van der Waals surface area (Å²) in [4.78, 5) is 36.7. The van der Waals surface area contributed by atoms with Crippen LogP contribution in [0.1, 0.15) is 35.8 Å². The van der Waals surface area contributed by atoms with Crippen LogP contribution in [0.4, 0.5) is 0 Å². The summed E-state index contributed by atoms with van der Waals surface area (Å²) in [5, 5.41) is 1.99. The molecule has 1 saturated heterocycles. The Morgan fingerprint density at radius 1 is 1.22 bits per heavy atom. The monoisotopic (exact) mass is 496 g/mol. The molecule has 1 atom stereocenters. The van der Waals surface area contributed by atoms with Crippen LogP contribution in [-0.2, 0) is 6.54 Å². The smallest absolute Gasteiger partial charge is 0.251 e. The minimum absolute atomic E-state index is 0.111. The summed E-state index contributed by atoms with van der Waals surface area (Å²) in [5.41, 5.74) is 7.55. The largest absolute Gasteiger partial charge is 0.320 e. The number of imidazole rings is 1. The number of hydrogen-bond acceptors (Lipinski definition) is 8. The number of aromatic nitrogens is 6. The molecule has 1 fully saturated rings. The number of rotatable bonds is 5. The normalized spacial score (nSPS) is 15.5. The Kier molecular flexibility index (Phi) is 7.29. The lowest BCUT2D eigenvalue weighted by molar-refractivity contribution is 0.194. The predicted molar refractivity (Wildman–Crippen MR) is 138 cm³/mol. The molecule has 3 N–H and O–H groups in total. The van der Waals surface area contributed by atoms with Crippen molar-refractivity contribution in [2.24, 2.45) is 5.73 Å². The molecule has 1 aliphatic rings. The van der Waals surface area contributed by atoms with Gasteiger partial charge in [0.15, 0.2) is 0 Å². The van der Waals surface area contributed by atoms with Gasteiger partial charge >= 0.3 is 0 Å². The zero-order chi connectivity index (χ0) is 24.7. The fourth-order valence-electron chi connectivity index (χ4n) is 4.14. The van der Waals surface area contributed by atoms with E-state index in [2.05, 4.69) is 48.5 Å². The molecule has 36 heavy (non-hydrogen) atoms. The molecule has 9 nitrogen and oxygen atoms in total. The van der Waals surface area contributed by atoms with Gasteiger partial charge in [0, 0.05) is 43.7 Å². The molecule has 4 aromatic rings. The number of aromatic amines is 1. The van der Waals surface area contributed by atoms with Crippen molar-refractivity contribution in [1.29, 1.82) is 0 Å². The van der Waals surface area contributed by atoms with Crippen molar-refractivity contribution < 1.29 is 0 Å². The number of hydrogen-bond donors (Lipinski definition) is 2. The quantitative estimate of drug-likeness (QED) is 0.407. The van der Waals surface area contributed by atoms with Gasteiger partial charge in [0.25, 0.3) is 5.56 Å². The Balaban J connectivity index is 1.25. The first-order valence-electron chi connectivity index (χ1n) is 11.6. The maximum absolute atomic E-state index is 12.3. The Morgan fingerprint density at radius 3 is 2.92 bits per heavy atom. The second-order valence-corrected chi connectivity index (χ2v) is 9.32. The van der Waals surface area contributed by atoms with Crippen molar-refractivity contribution in [3.05, 3.63) is 75.9 Å². The average molecular weight is 497 g/mol. The number of H-pyrrole nitrogens is 1. The third-order valence-corrected chi connectivity index (χ3v) is 6.67. The van der Waals surface area contributed by atoms with Crippen molar-refractivity contribution in [3.8, 4) is 40.2 Å². The van der Waals surface area contributed by atoms with Crippen LogP contribution >= 0.6 is 11.3 Å². The van der Waals surface area contributed by atoms with Gasteiger partial charge < -0.3 is 10.7 Å². The van der Waals surface area contributed by atoms with Gasteiger partial charge in [0.05, 0.1) is 28.4 Å². The molecule has 0 saturated carbocycles. The summed E-state index contributed by atoms with van der Waals surface area (Å²) in [5.74, 6) is 12.4. The van der Waals surface area contributed by atoms with Gasteiger partial charge in [0.1, 0.15) is 12.2 Å². The van der Waals surface area contributed by atoms with E-state index in [0.29, 0.717) is 18.1 Å². The molecule has 0 aromatic carbocycles. The van der Waals surface area contributed by atoms with E-state index < -0.39 is 0 Å². The van der Waals surface area contributed by atoms with E-state index in [9.17, 15) is 4.79 Å². The highest BCUT2D eigenvalue weighted by molar-refractivity contribution is 7.13. The summed E-state index contributed by atoms with van der Waals surface area (Å²) < 4.78 is 1.80. The minimum atomic E-state index is -0.111. The Bertz CT molecular complexity index is 1500. The molecule has 5 heterocycles. The van der Waals surface area contributed by atoms with E-state index in [0.717, 1.165) is 48.0 Å². The van der Waals surface area contributed by atoms with Crippen LogP contribution in [0.5, 0.6) is 0 Å². The third kappa shape index (κ3) is 5.75. The number of likely N-dealkylation sites (tertiary alicyclic amines) is 1. The summed E-state index contributed by atoms with van der Waals surface area (Å²) >= 11 is 1.59. The summed E-state index contributed by atoms with van der Waals surface area (Å²) in [6.07, 6.45) is 8.99. The minimum Gasteiger partial charge on any atom is -0.320 e. The predicted octanol–water partition coefficient (Wildman–Crippen LogP) is 2.17. The fourth-order valence-corrected chi connectivity index (χ4v) is 4.83. The van der Waals surface area contributed by atoms with Gasteiger partial charge in [-0.15, -0.1) is 11.3 Å². The van der Waals surface area contributed by atoms with Crippen molar-refractivity contribution in [2.45, 2.75) is 25.3 Å². The van der Waals surface area contributed by atoms with Crippen molar-refractivity contribution >= 4 is 11.3 Å². The SMILES string of the molecule is NCC#CC#Cc1cnc(-n2cnc(CN3CCCC(c4nc(-c5cccs5)cc(=O)[nH]4)C3)c2)nc1. The van der Waals surface area contributed by atoms with E-state index in [1.54, 1.807) is 40.7 Å². The molecule has 1 aliphatic heterocycles. The van der Waals surface area contributed by atoms with Crippen LogP contribution in [0.25, 0.3) is 16.5 Å². The maximum atomic E-state index is 12.3. The second kappa shape index (κ2) is 11.1.